The smallest absolute Gasteiger partial charge is 0.377 e. The third kappa shape index (κ3) is 5.94. The van der Waals surface area contributed by atoms with Crippen LogP contribution in [0.4, 0.5) is 13.2 Å². The first-order valence-electron chi connectivity index (χ1n) is 5.31. The van der Waals surface area contributed by atoms with Crippen LogP contribution < -0.4 is 0 Å². The van der Waals surface area contributed by atoms with Crippen molar-refractivity contribution in [1.29, 1.82) is 0 Å². The van der Waals surface area contributed by atoms with E-state index in [0.29, 0.717) is 3.92 Å². The Balaban J connectivity index is 2.08. The predicted molar refractivity (Wildman–Crippen MR) is 61.3 cm³/mol. The summed E-state index contributed by atoms with van der Waals surface area (Å²) in [6.07, 6.45) is -0.0225. The van der Waals surface area contributed by atoms with E-state index in [1.807, 2.05) is 0 Å². The van der Waals surface area contributed by atoms with Gasteiger partial charge >= 0.3 is 6.18 Å². The molecule has 15 heavy (non-hydrogen) atoms. The van der Waals surface area contributed by atoms with Crippen LogP contribution in [0, 0.1) is 0 Å². The maximum atomic E-state index is 11.8. The van der Waals surface area contributed by atoms with E-state index in [4.69, 9.17) is 4.74 Å². The summed E-state index contributed by atoms with van der Waals surface area (Å²) in [7, 11) is 0. The molecule has 0 amide bonds. The molecule has 1 aliphatic rings. The maximum absolute atomic E-state index is 11.8. The molecule has 0 bridgehead atoms. The molecule has 1 nitrogen and oxygen atoms in total. The van der Waals surface area contributed by atoms with Gasteiger partial charge in [0, 0.05) is 17.0 Å². The highest BCUT2D eigenvalue weighted by Gasteiger charge is 2.27. The molecule has 1 aliphatic carbocycles. The van der Waals surface area contributed by atoms with E-state index < -0.39 is 12.6 Å². The Hall–Kier alpha value is 0.480. The normalized spacial score (nSPS) is 28.0. The number of hydrogen-bond donors (Lipinski definition) is 0. The molecule has 0 spiro atoms. The highest BCUT2D eigenvalue weighted by atomic mass is 127. The van der Waals surface area contributed by atoms with E-state index in [2.05, 4.69) is 22.6 Å². The maximum Gasteiger partial charge on any atom is 0.389 e. The molecule has 90 valence electrons. The van der Waals surface area contributed by atoms with Gasteiger partial charge in [-0.05, 0) is 19.3 Å². The summed E-state index contributed by atoms with van der Waals surface area (Å²) in [6, 6.07) is 0. The minimum Gasteiger partial charge on any atom is -0.377 e. The second-order valence-electron chi connectivity index (χ2n) is 3.93. The summed E-state index contributed by atoms with van der Waals surface area (Å²) in [5.74, 6) is 0. The molecule has 0 heterocycles. The highest BCUT2D eigenvalue weighted by molar-refractivity contribution is 14.1. The Labute approximate surface area is 102 Å². The first-order valence-corrected chi connectivity index (χ1v) is 6.56. The van der Waals surface area contributed by atoms with E-state index in [1.165, 1.54) is 6.42 Å². The SMILES string of the molecule is FC(F)(F)CCCOC1CCCCC1I. The summed E-state index contributed by atoms with van der Waals surface area (Å²) >= 11 is 2.34. The summed E-state index contributed by atoms with van der Waals surface area (Å²) < 4.78 is 41.5. The number of halogens is 4. The molecule has 2 unspecified atom stereocenters. The lowest BCUT2D eigenvalue weighted by Gasteiger charge is -2.27. The molecule has 1 fully saturated rings. The molecule has 2 atom stereocenters. The molecule has 0 saturated heterocycles. The van der Waals surface area contributed by atoms with Gasteiger partial charge in [-0.15, -0.1) is 0 Å². The molecule has 0 aliphatic heterocycles. The molecule has 0 radical (unpaired) electrons. The fourth-order valence-corrected chi connectivity index (χ4v) is 2.75. The van der Waals surface area contributed by atoms with E-state index in [0.717, 1.165) is 19.3 Å². The number of ether oxygens (including phenoxy) is 1. The molecule has 0 aromatic carbocycles. The standard InChI is InChI=1S/C10H16F3IO/c11-10(12,13)6-3-7-15-9-5-2-1-4-8(9)14/h8-9H,1-7H2. The van der Waals surface area contributed by atoms with Crippen LogP contribution in [-0.4, -0.2) is 22.8 Å². The van der Waals surface area contributed by atoms with Crippen LogP contribution in [0.2, 0.25) is 0 Å². The van der Waals surface area contributed by atoms with Gasteiger partial charge in [-0.3, -0.25) is 0 Å². The van der Waals surface area contributed by atoms with Crippen molar-refractivity contribution in [2.24, 2.45) is 0 Å². The fourth-order valence-electron chi connectivity index (χ4n) is 1.75. The Morgan fingerprint density at radius 1 is 1.20 bits per heavy atom. The highest BCUT2D eigenvalue weighted by Crippen LogP contribution is 2.28. The summed E-state index contributed by atoms with van der Waals surface area (Å²) in [6.45, 7) is 0.240. The van der Waals surface area contributed by atoms with Crippen LogP contribution in [-0.2, 0) is 4.74 Å². The summed E-state index contributed by atoms with van der Waals surface area (Å²) in [4.78, 5) is 0. The zero-order valence-electron chi connectivity index (χ0n) is 8.52. The van der Waals surface area contributed by atoms with Crippen molar-refractivity contribution < 1.29 is 17.9 Å². The molecule has 5 heteroatoms. The molecule has 1 saturated carbocycles. The lowest BCUT2D eigenvalue weighted by Crippen LogP contribution is -2.28. The third-order valence-electron chi connectivity index (χ3n) is 2.56. The van der Waals surface area contributed by atoms with Crippen LogP contribution in [0.1, 0.15) is 38.5 Å². The molecular weight excluding hydrogens is 320 g/mol. The second-order valence-corrected chi connectivity index (χ2v) is 5.53. The first-order chi connectivity index (χ1) is 6.99. The Morgan fingerprint density at radius 3 is 2.47 bits per heavy atom. The number of hydrogen-bond acceptors (Lipinski definition) is 1. The van der Waals surface area contributed by atoms with Crippen molar-refractivity contribution in [2.45, 2.75) is 54.7 Å². The average molecular weight is 336 g/mol. The van der Waals surface area contributed by atoms with E-state index >= 15 is 0 Å². The van der Waals surface area contributed by atoms with E-state index in [-0.39, 0.29) is 19.1 Å². The minimum atomic E-state index is -4.04. The zero-order valence-corrected chi connectivity index (χ0v) is 10.7. The molecule has 1 rings (SSSR count). The molecule has 0 aromatic rings. The van der Waals surface area contributed by atoms with Gasteiger partial charge < -0.3 is 4.74 Å². The van der Waals surface area contributed by atoms with Crippen molar-refractivity contribution in [1.82, 2.24) is 0 Å². The largest absolute Gasteiger partial charge is 0.389 e. The molecular formula is C10H16F3IO. The number of rotatable bonds is 4. The Kier molecular flexibility index (Phi) is 5.66. The van der Waals surface area contributed by atoms with Crippen LogP contribution >= 0.6 is 22.6 Å². The summed E-state index contributed by atoms with van der Waals surface area (Å²) in [5.41, 5.74) is 0. The van der Waals surface area contributed by atoms with Crippen molar-refractivity contribution >= 4 is 22.6 Å². The van der Waals surface area contributed by atoms with Gasteiger partial charge in [0.2, 0.25) is 0 Å². The average Bonchev–Trinajstić information content (AvgIpc) is 2.13. The van der Waals surface area contributed by atoms with Crippen LogP contribution in [0.3, 0.4) is 0 Å². The van der Waals surface area contributed by atoms with E-state index in [9.17, 15) is 13.2 Å². The molecule has 0 N–H and O–H groups in total. The summed E-state index contributed by atoms with van der Waals surface area (Å²) in [5, 5.41) is 0. The second kappa shape index (κ2) is 6.27. The first kappa shape index (κ1) is 13.5. The zero-order chi connectivity index (χ0) is 11.3. The minimum absolute atomic E-state index is 0.0867. The van der Waals surface area contributed by atoms with Gasteiger partial charge in [0.25, 0.3) is 0 Å². The van der Waals surface area contributed by atoms with Gasteiger partial charge in [0.1, 0.15) is 0 Å². The van der Waals surface area contributed by atoms with Gasteiger partial charge in [-0.25, -0.2) is 0 Å². The predicted octanol–water partition coefficient (Wildman–Crippen LogP) is 4.09. The van der Waals surface area contributed by atoms with Gasteiger partial charge in [0.15, 0.2) is 0 Å². The van der Waals surface area contributed by atoms with Crippen LogP contribution in [0.5, 0.6) is 0 Å². The topological polar surface area (TPSA) is 9.23 Å². The Morgan fingerprint density at radius 2 is 1.87 bits per heavy atom. The van der Waals surface area contributed by atoms with Gasteiger partial charge in [-0.2, -0.15) is 13.2 Å². The van der Waals surface area contributed by atoms with Crippen molar-refractivity contribution in [2.75, 3.05) is 6.61 Å². The van der Waals surface area contributed by atoms with Crippen LogP contribution in [0.25, 0.3) is 0 Å². The van der Waals surface area contributed by atoms with Gasteiger partial charge in [0.05, 0.1) is 6.10 Å². The lowest BCUT2D eigenvalue weighted by molar-refractivity contribution is -0.139. The van der Waals surface area contributed by atoms with Gasteiger partial charge in [-0.1, -0.05) is 35.4 Å². The molecule has 0 aromatic heterocycles. The monoisotopic (exact) mass is 336 g/mol. The van der Waals surface area contributed by atoms with Crippen molar-refractivity contribution in [3.05, 3.63) is 0 Å². The number of alkyl halides is 4. The fraction of sp³-hybridized carbons (Fsp3) is 1.00. The quantitative estimate of drug-likeness (QED) is 0.427. The van der Waals surface area contributed by atoms with E-state index in [1.54, 1.807) is 0 Å². The van der Waals surface area contributed by atoms with Crippen LogP contribution in [0.15, 0.2) is 0 Å². The van der Waals surface area contributed by atoms with Crippen molar-refractivity contribution in [3.8, 4) is 0 Å². The lowest BCUT2D eigenvalue weighted by atomic mass is 9.98. The Bertz CT molecular complexity index is 184. The third-order valence-corrected chi connectivity index (χ3v) is 3.98. The van der Waals surface area contributed by atoms with Crippen molar-refractivity contribution in [3.63, 3.8) is 0 Å².